The Balaban J connectivity index is 1.34. The first kappa shape index (κ1) is 29.3. The van der Waals surface area contributed by atoms with Crippen LogP contribution in [0.5, 0.6) is 0 Å². The van der Waals surface area contributed by atoms with Crippen molar-refractivity contribution in [3.05, 3.63) is 108 Å². The normalized spacial score (nSPS) is 11.7. The summed E-state index contributed by atoms with van der Waals surface area (Å²) < 4.78 is 2.01. The van der Waals surface area contributed by atoms with E-state index in [0.29, 0.717) is 24.5 Å². The summed E-state index contributed by atoms with van der Waals surface area (Å²) in [5.74, 6) is 0.496. The lowest BCUT2D eigenvalue weighted by molar-refractivity contribution is -0.129. The predicted octanol–water partition coefficient (Wildman–Crippen LogP) is 4.36. The number of amides is 2. The number of aromatic amines is 1. The van der Waals surface area contributed by atoms with E-state index in [-0.39, 0.29) is 12.3 Å². The molecule has 3 aromatic carbocycles. The number of imidazole rings is 1. The van der Waals surface area contributed by atoms with Crippen molar-refractivity contribution in [2.45, 2.75) is 51.6 Å². The molecule has 0 aliphatic heterocycles. The number of H-pyrrole nitrogens is 1. The molecule has 2 aromatic heterocycles. The molecule has 0 spiro atoms. The Morgan fingerprint density at radius 1 is 0.953 bits per heavy atom. The van der Waals surface area contributed by atoms with Crippen molar-refractivity contribution in [3.8, 4) is 22.5 Å². The maximum Gasteiger partial charge on any atom is 0.271 e. The van der Waals surface area contributed by atoms with Crippen molar-refractivity contribution >= 4 is 11.8 Å². The zero-order valence-corrected chi connectivity index (χ0v) is 23.9. The third-order valence-electron chi connectivity index (χ3n) is 7.21. The zero-order valence-electron chi connectivity index (χ0n) is 23.9. The second kappa shape index (κ2) is 14.1. The molecule has 1 atom stereocenters. The summed E-state index contributed by atoms with van der Waals surface area (Å²) in [7, 11) is 0. The van der Waals surface area contributed by atoms with E-state index in [9.17, 15) is 9.59 Å². The molecule has 4 N–H and O–H groups in total. The summed E-state index contributed by atoms with van der Waals surface area (Å²) in [4.78, 5) is 30.0. The fourth-order valence-corrected chi connectivity index (χ4v) is 5.04. The topological polar surface area (TPSA) is 151 Å². The van der Waals surface area contributed by atoms with E-state index in [0.717, 1.165) is 52.9 Å². The van der Waals surface area contributed by atoms with E-state index < -0.39 is 11.9 Å². The van der Waals surface area contributed by atoms with Crippen LogP contribution in [0.25, 0.3) is 22.5 Å². The van der Waals surface area contributed by atoms with Gasteiger partial charge in [-0.15, -0.1) is 5.10 Å². The Kier molecular flexibility index (Phi) is 9.65. The number of tetrazole rings is 1. The van der Waals surface area contributed by atoms with Crippen LogP contribution in [0.4, 0.5) is 0 Å². The average Bonchev–Trinajstić information content (AvgIpc) is 3.72. The fraction of sp³-hybridized carbons (Fsp3) is 0.250. The highest BCUT2D eigenvalue weighted by atomic mass is 16.5. The second-order valence-electron chi connectivity index (χ2n) is 10.4. The van der Waals surface area contributed by atoms with Gasteiger partial charge < -0.3 is 9.88 Å². The van der Waals surface area contributed by atoms with Gasteiger partial charge in [-0.1, -0.05) is 92.2 Å². The summed E-state index contributed by atoms with van der Waals surface area (Å²) in [6, 6.07) is 25.3. The minimum Gasteiger partial charge on any atom is -0.347 e. The standard InChI is InChI=1S/C32H34N8O3/c1-2-3-13-29-34-28(32(42)33-25(19-30(41)37-43)18-22-9-5-4-6-10-22)21-40(29)20-23-14-16-24(17-15-23)26-11-7-8-12-27(26)31-35-38-39-36-31/h4-12,14-17,21,25,43H,2-3,13,18-20H2,1H3,(H,33,42)(H,37,41)(H,35,36,38,39)/t25-/m0/s1. The monoisotopic (exact) mass is 578 g/mol. The van der Waals surface area contributed by atoms with Crippen LogP contribution in [0, 0.1) is 0 Å². The number of benzene rings is 3. The summed E-state index contributed by atoms with van der Waals surface area (Å²) in [5, 5.41) is 26.3. The first-order valence-electron chi connectivity index (χ1n) is 14.3. The molecule has 0 radical (unpaired) electrons. The predicted molar refractivity (Wildman–Crippen MR) is 161 cm³/mol. The number of unbranched alkanes of at least 4 members (excludes halogenated alkanes) is 1. The van der Waals surface area contributed by atoms with Crippen LogP contribution >= 0.6 is 0 Å². The van der Waals surface area contributed by atoms with E-state index in [4.69, 9.17) is 5.21 Å². The van der Waals surface area contributed by atoms with Crippen LogP contribution in [0.2, 0.25) is 0 Å². The van der Waals surface area contributed by atoms with Gasteiger partial charge in [0, 0.05) is 37.2 Å². The van der Waals surface area contributed by atoms with Crippen molar-refractivity contribution in [3.63, 3.8) is 0 Å². The number of aryl methyl sites for hydroxylation is 1. The van der Waals surface area contributed by atoms with Crippen molar-refractivity contribution in [1.82, 2.24) is 41.0 Å². The van der Waals surface area contributed by atoms with Gasteiger partial charge >= 0.3 is 0 Å². The van der Waals surface area contributed by atoms with Crippen LogP contribution < -0.4 is 10.8 Å². The summed E-state index contributed by atoms with van der Waals surface area (Å²) in [5.41, 5.74) is 6.94. The Hall–Kier alpha value is -5.16. The number of hydrogen-bond donors (Lipinski definition) is 4. The molecule has 5 aromatic rings. The van der Waals surface area contributed by atoms with E-state index in [1.54, 1.807) is 11.7 Å². The Morgan fingerprint density at radius 3 is 2.40 bits per heavy atom. The van der Waals surface area contributed by atoms with Gasteiger partial charge in [-0.05, 0) is 45.5 Å². The van der Waals surface area contributed by atoms with E-state index in [1.165, 1.54) is 0 Å². The minimum atomic E-state index is -0.570. The van der Waals surface area contributed by atoms with Gasteiger partial charge in [0.05, 0.1) is 0 Å². The highest BCUT2D eigenvalue weighted by Gasteiger charge is 2.21. The highest BCUT2D eigenvalue weighted by molar-refractivity contribution is 5.92. The van der Waals surface area contributed by atoms with E-state index in [2.05, 4.69) is 62.1 Å². The van der Waals surface area contributed by atoms with Crippen LogP contribution in [0.1, 0.15) is 53.6 Å². The molecule has 43 heavy (non-hydrogen) atoms. The largest absolute Gasteiger partial charge is 0.347 e. The van der Waals surface area contributed by atoms with Gasteiger partial charge in [-0.2, -0.15) is 0 Å². The number of nitrogens with zero attached hydrogens (tertiary/aromatic N) is 5. The van der Waals surface area contributed by atoms with E-state index in [1.807, 2.05) is 59.2 Å². The molecular formula is C32H34N8O3. The molecule has 220 valence electrons. The zero-order chi connectivity index (χ0) is 30.0. The summed E-state index contributed by atoms with van der Waals surface area (Å²) >= 11 is 0. The van der Waals surface area contributed by atoms with Gasteiger partial charge in [0.15, 0.2) is 5.82 Å². The molecule has 11 nitrogen and oxygen atoms in total. The Morgan fingerprint density at radius 2 is 1.70 bits per heavy atom. The molecule has 0 fully saturated rings. The lowest BCUT2D eigenvalue weighted by Crippen LogP contribution is -2.40. The number of aromatic nitrogens is 6. The molecule has 0 saturated heterocycles. The summed E-state index contributed by atoms with van der Waals surface area (Å²) in [6.45, 7) is 2.67. The molecule has 0 aliphatic carbocycles. The second-order valence-corrected chi connectivity index (χ2v) is 10.4. The maximum atomic E-state index is 13.3. The molecule has 0 unspecified atom stereocenters. The highest BCUT2D eigenvalue weighted by Crippen LogP contribution is 2.30. The van der Waals surface area contributed by atoms with Crippen molar-refractivity contribution in [2.24, 2.45) is 0 Å². The molecule has 0 bridgehead atoms. The van der Waals surface area contributed by atoms with Gasteiger partial charge in [0.1, 0.15) is 11.5 Å². The third kappa shape index (κ3) is 7.57. The number of carbonyl (C=O) groups excluding carboxylic acids is 2. The van der Waals surface area contributed by atoms with Crippen LogP contribution in [-0.2, 0) is 24.2 Å². The molecular weight excluding hydrogens is 544 g/mol. The third-order valence-corrected chi connectivity index (χ3v) is 7.21. The maximum absolute atomic E-state index is 13.3. The Bertz CT molecular complexity index is 1630. The molecule has 0 saturated carbocycles. The molecule has 11 heteroatoms. The lowest BCUT2D eigenvalue weighted by atomic mass is 9.98. The SMILES string of the molecule is CCCCc1nc(C(=O)N[C@H](CC(=O)NO)Cc2ccccc2)cn1Cc1ccc(-c2ccccc2-c2nnn[nH]2)cc1. The number of nitrogens with one attached hydrogen (secondary N) is 3. The number of rotatable bonds is 13. The summed E-state index contributed by atoms with van der Waals surface area (Å²) in [6.07, 6.45) is 4.82. The number of hydrogen-bond acceptors (Lipinski definition) is 7. The van der Waals surface area contributed by atoms with Crippen LogP contribution in [0.3, 0.4) is 0 Å². The van der Waals surface area contributed by atoms with Crippen LogP contribution in [0.15, 0.2) is 85.1 Å². The van der Waals surface area contributed by atoms with Crippen molar-refractivity contribution in [1.29, 1.82) is 0 Å². The Labute approximate surface area is 249 Å². The molecule has 2 heterocycles. The number of hydroxylamine groups is 1. The first-order chi connectivity index (χ1) is 21.0. The minimum absolute atomic E-state index is 0.0665. The lowest BCUT2D eigenvalue weighted by Gasteiger charge is -2.17. The molecule has 5 rings (SSSR count). The quantitative estimate of drug-likeness (QED) is 0.120. The van der Waals surface area contributed by atoms with Gasteiger partial charge in [-0.3, -0.25) is 14.8 Å². The first-order valence-corrected chi connectivity index (χ1v) is 14.3. The van der Waals surface area contributed by atoms with Gasteiger partial charge in [-0.25, -0.2) is 15.6 Å². The molecule has 2 amide bonds. The van der Waals surface area contributed by atoms with Crippen LogP contribution in [-0.4, -0.2) is 53.2 Å². The van der Waals surface area contributed by atoms with Gasteiger partial charge in [0.2, 0.25) is 5.91 Å². The van der Waals surface area contributed by atoms with E-state index >= 15 is 0 Å². The fourth-order valence-electron chi connectivity index (χ4n) is 5.04. The van der Waals surface area contributed by atoms with Crippen molar-refractivity contribution < 1.29 is 14.8 Å². The van der Waals surface area contributed by atoms with Gasteiger partial charge in [0.25, 0.3) is 5.91 Å². The number of carbonyl (C=O) groups is 2. The van der Waals surface area contributed by atoms with Crippen molar-refractivity contribution in [2.75, 3.05) is 0 Å². The molecule has 0 aliphatic rings. The smallest absolute Gasteiger partial charge is 0.271 e. The average molecular weight is 579 g/mol.